The zero-order valence-electron chi connectivity index (χ0n) is 17.6. The van der Waals surface area contributed by atoms with Crippen molar-refractivity contribution < 1.29 is 4.42 Å². The van der Waals surface area contributed by atoms with Gasteiger partial charge in [-0.25, -0.2) is 0 Å². The minimum atomic E-state index is -0.0939. The van der Waals surface area contributed by atoms with E-state index in [2.05, 4.69) is 75.1 Å². The Bertz CT molecular complexity index is 1470. The number of aryl methyl sites for hydroxylation is 2. The zero-order chi connectivity index (χ0) is 20.6. The Kier molecular flexibility index (Phi) is 3.36. The van der Waals surface area contributed by atoms with Crippen LogP contribution < -0.4 is 0 Å². The minimum absolute atomic E-state index is 0.0939. The number of nitrogens with zero attached hydrogens (tertiary/aromatic N) is 2. The highest BCUT2D eigenvalue weighted by Gasteiger charge is 2.38. The Labute approximate surface area is 175 Å². The van der Waals surface area contributed by atoms with Gasteiger partial charge in [0.25, 0.3) is 0 Å². The van der Waals surface area contributed by atoms with Crippen LogP contribution in [-0.2, 0) is 5.41 Å². The average Bonchev–Trinajstić information content (AvgIpc) is 3.22. The molecule has 0 bridgehead atoms. The summed E-state index contributed by atoms with van der Waals surface area (Å²) in [6, 6.07) is 17.2. The maximum atomic E-state index is 6.66. The second-order valence-corrected chi connectivity index (χ2v) is 8.85. The quantitative estimate of drug-likeness (QED) is 0.310. The molecule has 1 aliphatic rings. The number of rotatable bonds is 1. The molecule has 6 rings (SSSR count). The first-order valence-corrected chi connectivity index (χ1v) is 10.3. The Balaban J connectivity index is 1.74. The molecule has 0 amide bonds. The van der Waals surface area contributed by atoms with Gasteiger partial charge in [0, 0.05) is 39.7 Å². The molecule has 0 aliphatic heterocycles. The second kappa shape index (κ2) is 5.79. The van der Waals surface area contributed by atoms with Crippen LogP contribution in [0.5, 0.6) is 0 Å². The molecule has 0 saturated carbocycles. The van der Waals surface area contributed by atoms with Crippen molar-refractivity contribution in [2.45, 2.75) is 33.1 Å². The van der Waals surface area contributed by atoms with Crippen molar-refractivity contribution in [1.82, 2.24) is 9.97 Å². The lowest BCUT2D eigenvalue weighted by Gasteiger charge is -2.20. The summed E-state index contributed by atoms with van der Waals surface area (Å²) < 4.78 is 6.66. The van der Waals surface area contributed by atoms with E-state index in [1.807, 2.05) is 18.5 Å². The molecule has 1 aliphatic carbocycles. The summed E-state index contributed by atoms with van der Waals surface area (Å²) in [6.45, 7) is 8.70. The number of hydrogen-bond acceptors (Lipinski definition) is 3. The van der Waals surface area contributed by atoms with Gasteiger partial charge in [-0.3, -0.25) is 9.97 Å². The van der Waals surface area contributed by atoms with E-state index in [0.29, 0.717) is 0 Å². The van der Waals surface area contributed by atoms with E-state index in [4.69, 9.17) is 9.40 Å². The van der Waals surface area contributed by atoms with Gasteiger partial charge < -0.3 is 4.42 Å². The molecule has 2 aromatic carbocycles. The maximum absolute atomic E-state index is 6.66. The Hall–Kier alpha value is -3.46. The lowest BCUT2D eigenvalue weighted by atomic mass is 9.82. The molecule has 0 saturated heterocycles. The number of fused-ring (bicyclic) bond motifs is 7. The van der Waals surface area contributed by atoms with E-state index in [0.717, 1.165) is 55.6 Å². The van der Waals surface area contributed by atoms with Crippen LogP contribution in [0.15, 0.2) is 65.3 Å². The van der Waals surface area contributed by atoms with Crippen LogP contribution in [0.25, 0.3) is 44.5 Å². The van der Waals surface area contributed by atoms with Gasteiger partial charge in [-0.1, -0.05) is 50.2 Å². The molecule has 146 valence electrons. The van der Waals surface area contributed by atoms with Crippen LogP contribution in [-0.4, -0.2) is 9.97 Å². The second-order valence-electron chi connectivity index (χ2n) is 8.85. The molecule has 0 N–H and O–H groups in total. The third-order valence-corrected chi connectivity index (χ3v) is 6.58. The van der Waals surface area contributed by atoms with Crippen LogP contribution in [0.1, 0.15) is 36.1 Å². The molecule has 0 unspecified atom stereocenters. The fourth-order valence-electron chi connectivity index (χ4n) is 4.95. The normalized spacial score (nSPS) is 14.3. The van der Waals surface area contributed by atoms with Gasteiger partial charge in [0.1, 0.15) is 11.2 Å². The van der Waals surface area contributed by atoms with E-state index < -0.39 is 0 Å². The number of hydrogen-bond donors (Lipinski definition) is 0. The number of benzene rings is 2. The minimum Gasteiger partial charge on any atom is -0.455 e. The summed E-state index contributed by atoms with van der Waals surface area (Å²) >= 11 is 0. The molecular weight excluding hydrogens is 368 g/mol. The molecule has 3 heteroatoms. The highest BCUT2D eigenvalue weighted by atomic mass is 16.3. The van der Waals surface area contributed by atoms with Crippen molar-refractivity contribution in [3.8, 4) is 22.5 Å². The van der Waals surface area contributed by atoms with Gasteiger partial charge >= 0.3 is 0 Å². The summed E-state index contributed by atoms with van der Waals surface area (Å²) in [5, 5.41) is 2.25. The highest BCUT2D eigenvalue weighted by molar-refractivity contribution is 6.14. The molecule has 5 aromatic rings. The van der Waals surface area contributed by atoms with Gasteiger partial charge in [0.15, 0.2) is 0 Å². The number of pyridine rings is 2. The zero-order valence-corrected chi connectivity index (χ0v) is 17.6. The van der Waals surface area contributed by atoms with E-state index >= 15 is 0 Å². The lowest BCUT2D eigenvalue weighted by Crippen LogP contribution is -2.14. The van der Waals surface area contributed by atoms with Crippen LogP contribution in [0, 0.1) is 13.8 Å². The van der Waals surface area contributed by atoms with Crippen LogP contribution in [0.3, 0.4) is 0 Å². The summed E-state index contributed by atoms with van der Waals surface area (Å²) in [5.41, 5.74) is 10.7. The van der Waals surface area contributed by atoms with Crippen molar-refractivity contribution >= 4 is 21.9 Å². The Morgan fingerprint density at radius 1 is 0.767 bits per heavy atom. The van der Waals surface area contributed by atoms with E-state index in [1.54, 1.807) is 0 Å². The topological polar surface area (TPSA) is 38.9 Å². The van der Waals surface area contributed by atoms with Gasteiger partial charge in [-0.15, -0.1) is 0 Å². The number of furan rings is 1. The number of aromatic nitrogens is 2. The van der Waals surface area contributed by atoms with Crippen LogP contribution >= 0.6 is 0 Å². The molecule has 3 heterocycles. The monoisotopic (exact) mass is 390 g/mol. The highest BCUT2D eigenvalue weighted by Crippen LogP contribution is 2.52. The van der Waals surface area contributed by atoms with Crippen molar-refractivity contribution in [2.24, 2.45) is 0 Å². The smallest absolute Gasteiger partial charge is 0.145 e. The Morgan fingerprint density at radius 2 is 1.53 bits per heavy atom. The fourth-order valence-corrected chi connectivity index (χ4v) is 4.95. The predicted molar refractivity (Wildman–Crippen MR) is 122 cm³/mol. The predicted octanol–water partition coefficient (Wildman–Crippen LogP) is 6.97. The van der Waals surface area contributed by atoms with Crippen molar-refractivity contribution in [3.05, 3.63) is 83.2 Å². The summed E-state index contributed by atoms with van der Waals surface area (Å²) in [6.07, 6.45) is 3.79. The van der Waals surface area contributed by atoms with Crippen LogP contribution in [0.2, 0.25) is 0 Å². The Morgan fingerprint density at radius 3 is 2.30 bits per heavy atom. The SMILES string of the molecule is Cc1ccc(-c2c(C)ccc3c2oc2c4c(ccc23)C(C)(C)c2cccnc2-4)nc1. The van der Waals surface area contributed by atoms with E-state index in [-0.39, 0.29) is 5.41 Å². The van der Waals surface area contributed by atoms with Gasteiger partial charge in [0.2, 0.25) is 0 Å². The van der Waals surface area contributed by atoms with E-state index in [9.17, 15) is 0 Å². The molecular formula is C27H22N2O. The standard InChI is InChI=1S/C27H22N2O/c1-15-7-12-21(29-14-15)22-16(2)8-9-17-18-10-11-19-23(26(18)30-25(17)22)24-20(27(19,3)4)6-5-13-28-24/h5-14H,1-4H3. The van der Waals surface area contributed by atoms with E-state index in [1.165, 1.54) is 11.1 Å². The first-order chi connectivity index (χ1) is 14.5. The summed E-state index contributed by atoms with van der Waals surface area (Å²) in [5.74, 6) is 0. The van der Waals surface area contributed by atoms with Crippen LogP contribution in [0.4, 0.5) is 0 Å². The summed E-state index contributed by atoms with van der Waals surface area (Å²) in [4.78, 5) is 9.44. The molecule has 3 aromatic heterocycles. The molecule has 0 spiro atoms. The molecule has 3 nitrogen and oxygen atoms in total. The molecule has 30 heavy (non-hydrogen) atoms. The molecule has 0 atom stereocenters. The van der Waals surface area contributed by atoms with Crippen molar-refractivity contribution in [1.29, 1.82) is 0 Å². The van der Waals surface area contributed by atoms with Gasteiger partial charge in [-0.2, -0.15) is 0 Å². The fraction of sp³-hybridized carbons (Fsp3) is 0.185. The largest absolute Gasteiger partial charge is 0.455 e. The molecule has 0 fully saturated rings. The van der Waals surface area contributed by atoms with Crippen molar-refractivity contribution in [2.75, 3.05) is 0 Å². The first-order valence-electron chi connectivity index (χ1n) is 10.3. The van der Waals surface area contributed by atoms with Gasteiger partial charge in [0.05, 0.1) is 11.4 Å². The molecule has 0 radical (unpaired) electrons. The summed E-state index contributed by atoms with van der Waals surface area (Å²) in [7, 11) is 0. The lowest BCUT2D eigenvalue weighted by molar-refractivity contribution is 0.653. The van der Waals surface area contributed by atoms with Crippen molar-refractivity contribution in [3.63, 3.8) is 0 Å². The maximum Gasteiger partial charge on any atom is 0.145 e. The third-order valence-electron chi connectivity index (χ3n) is 6.58. The average molecular weight is 390 g/mol. The third kappa shape index (κ3) is 2.15. The first kappa shape index (κ1) is 17.4. The van der Waals surface area contributed by atoms with Gasteiger partial charge in [-0.05, 0) is 48.2 Å².